The molecule has 0 heteroatoms. The van der Waals surface area contributed by atoms with Gasteiger partial charge in [0.05, 0.1) is 0 Å². The Kier molecular flexibility index (Phi) is 3.02. The largest absolute Gasteiger partial charge is 0.0683 e. The molecule has 0 bridgehead atoms. The Morgan fingerprint density at radius 2 is 1.79 bits per heavy atom. The predicted octanol–water partition coefficient (Wildman–Crippen LogP) is 5.18. The van der Waals surface area contributed by atoms with E-state index in [1.165, 1.54) is 39.0 Å². The van der Waals surface area contributed by atoms with Crippen molar-refractivity contribution in [2.24, 2.45) is 0 Å². The zero-order valence-corrected chi connectivity index (χ0v) is 12.0. The molecule has 0 radical (unpaired) electrons. The van der Waals surface area contributed by atoms with Gasteiger partial charge in [-0.2, -0.15) is 0 Å². The maximum atomic E-state index is 2.37. The highest BCUT2D eigenvalue weighted by atomic mass is 14.2. The summed E-state index contributed by atoms with van der Waals surface area (Å²) in [4.78, 5) is 0. The van der Waals surface area contributed by atoms with E-state index in [0.29, 0.717) is 0 Å². The Hall–Kier alpha value is -1.82. The minimum Gasteiger partial charge on any atom is -0.0683 e. The molecule has 0 heterocycles. The molecular formula is C19H20. The molecule has 0 saturated carbocycles. The fourth-order valence-corrected chi connectivity index (χ4v) is 3.12. The Balaban J connectivity index is 2.29. The van der Waals surface area contributed by atoms with Crippen molar-refractivity contribution in [3.63, 3.8) is 0 Å². The minimum absolute atomic E-state index is 1.09. The molecule has 0 nitrogen and oxygen atoms in total. The molecule has 19 heavy (non-hydrogen) atoms. The van der Waals surface area contributed by atoms with Gasteiger partial charge in [0.25, 0.3) is 0 Å². The summed E-state index contributed by atoms with van der Waals surface area (Å²) in [6.45, 7) is 6.69. The van der Waals surface area contributed by atoms with Crippen LogP contribution >= 0.6 is 0 Å². The van der Waals surface area contributed by atoms with Gasteiger partial charge in [-0.05, 0) is 60.1 Å². The van der Waals surface area contributed by atoms with Crippen LogP contribution in [0.1, 0.15) is 36.1 Å². The van der Waals surface area contributed by atoms with Crippen LogP contribution in [-0.4, -0.2) is 0 Å². The van der Waals surface area contributed by atoms with E-state index in [1.807, 2.05) is 0 Å². The van der Waals surface area contributed by atoms with Crippen LogP contribution in [0, 0.1) is 6.92 Å². The molecule has 0 saturated heterocycles. The number of allylic oxidation sites excluding steroid dienone is 1. The van der Waals surface area contributed by atoms with Crippen molar-refractivity contribution in [3.05, 3.63) is 64.2 Å². The third-order valence-electron chi connectivity index (χ3n) is 4.07. The van der Waals surface area contributed by atoms with Gasteiger partial charge in [-0.15, -0.1) is 0 Å². The Morgan fingerprint density at radius 1 is 1.00 bits per heavy atom. The third kappa shape index (κ3) is 2.02. The van der Waals surface area contributed by atoms with Gasteiger partial charge in [0.15, 0.2) is 0 Å². The molecule has 0 amide bonds. The maximum Gasteiger partial charge on any atom is -0.00604 e. The second-order valence-electron chi connectivity index (χ2n) is 5.51. The van der Waals surface area contributed by atoms with Gasteiger partial charge in [0, 0.05) is 0 Å². The molecule has 1 aliphatic rings. The van der Waals surface area contributed by atoms with Gasteiger partial charge in [0.1, 0.15) is 0 Å². The number of hydrogen-bond donors (Lipinski definition) is 0. The molecule has 3 rings (SSSR count). The summed E-state index contributed by atoms with van der Waals surface area (Å²) in [5.41, 5.74) is 10.1. The first-order valence-electron chi connectivity index (χ1n) is 7.08. The first-order valence-corrected chi connectivity index (χ1v) is 7.08. The Labute approximate surface area is 115 Å². The van der Waals surface area contributed by atoms with E-state index < -0.39 is 0 Å². The lowest BCUT2D eigenvalue weighted by molar-refractivity contribution is 1.14. The number of rotatable bonds is 2. The number of fused-ring (bicyclic) bond motifs is 1. The summed E-state index contributed by atoms with van der Waals surface area (Å²) >= 11 is 0. The molecule has 0 spiro atoms. The highest BCUT2D eigenvalue weighted by Gasteiger charge is 2.17. The molecule has 96 valence electrons. The molecular weight excluding hydrogens is 228 g/mol. The van der Waals surface area contributed by atoms with E-state index in [0.717, 1.165) is 12.8 Å². The van der Waals surface area contributed by atoms with Gasteiger partial charge in [0.2, 0.25) is 0 Å². The van der Waals surface area contributed by atoms with Crippen molar-refractivity contribution in [2.45, 2.75) is 33.6 Å². The van der Waals surface area contributed by atoms with E-state index in [9.17, 15) is 0 Å². The highest BCUT2D eigenvalue weighted by Crippen LogP contribution is 2.37. The van der Waals surface area contributed by atoms with Gasteiger partial charge in [-0.1, -0.05) is 55.0 Å². The summed E-state index contributed by atoms with van der Waals surface area (Å²) in [5.74, 6) is 0. The summed E-state index contributed by atoms with van der Waals surface area (Å²) in [7, 11) is 0. The molecule has 0 fully saturated rings. The first-order chi connectivity index (χ1) is 9.20. The van der Waals surface area contributed by atoms with Crippen LogP contribution in [0.3, 0.4) is 0 Å². The number of hydrogen-bond acceptors (Lipinski definition) is 0. The van der Waals surface area contributed by atoms with E-state index in [1.54, 1.807) is 0 Å². The lowest BCUT2D eigenvalue weighted by atomic mass is 9.89. The Bertz CT molecular complexity index is 660. The number of benzene rings is 2. The molecule has 0 unspecified atom stereocenters. The standard InChI is InChI=1S/C19H20/c1-4-15-7-5-6-8-17(15)19-14(3)9-10-16-11-13(2)12-18(16)19/h5-10,12H,4,11H2,1-3H3. The topological polar surface area (TPSA) is 0 Å². The molecule has 0 atom stereocenters. The summed E-state index contributed by atoms with van der Waals surface area (Å²) < 4.78 is 0. The average Bonchev–Trinajstić information content (AvgIpc) is 2.79. The summed E-state index contributed by atoms with van der Waals surface area (Å²) in [6, 6.07) is 13.4. The summed E-state index contributed by atoms with van der Waals surface area (Å²) in [5, 5.41) is 0. The van der Waals surface area contributed by atoms with E-state index in [-0.39, 0.29) is 0 Å². The van der Waals surface area contributed by atoms with Crippen LogP contribution in [0.5, 0.6) is 0 Å². The van der Waals surface area contributed by atoms with Crippen LogP contribution in [-0.2, 0) is 12.8 Å². The van der Waals surface area contributed by atoms with Gasteiger partial charge < -0.3 is 0 Å². The smallest absolute Gasteiger partial charge is 0.00604 e. The zero-order valence-electron chi connectivity index (χ0n) is 12.0. The molecule has 0 N–H and O–H groups in total. The van der Waals surface area contributed by atoms with Crippen molar-refractivity contribution >= 4 is 6.08 Å². The highest BCUT2D eigenvalue weighted by molar-refractivity contribution is 5.84. The van der Waals surface area contributed by atoms with Gasteiger partial charge in [-0.3, -0.25) is 0 Å². The molecule has 1 aliphatic carbocycles. The van der Waals surface area contributed by atoms with Crippen molar-refractivity contribution in [3.8, 4) is 11.1 Å². The molecule has 2 aromatic carbocycles. The van der Waals surface area contributed by atoms with Crippen LogP contribution in [0.2, 0.25) is 0 Å². The molecule has 0 aromatic heterocycles. The predicted molar refractivity (Wildman–Crippen MR) is 83.3 cm³/mol. The first kappa shape index (κ1) is 12.2. The van der Waals surface area contributed by atoms with Crippen LogP contribution in [0.15, 0.2) is 42.0 Å². The second kappa shape index (κ2) is 4.70. The zero-order chi connectivity index (χ0) is 13.4. The maximum absolute atomic E-state index is 2.37. The number of aryl methyl sites for hydroxylation is 2. The Morgan fingerprint density at radius 3 is 2.58 bits per heavy atom. The van der Waals surface area contributed by atoms with Gasteiger partial charge in [-0.25, -0.2) is 0 Å². The summed E-state index contributed by atoms with van der Waals surface area (Å²) in [6.07, 6.45) is 4.56. The van der Waals surface area contributed by atoms with Crippen LogP contribution < -0.4 is 0 Å². The van der Waals surface area contributed by atoms with Crippen LogP contribution in [0.25, 0.3) is 17.2 Å². The fraction of sp³-hybridized carbons (Fsp3) is 0.263. The second-order valence-corrected chi connectivity index (χ2v) is 5.51. The quantitative estimate of drug-likeness (QED) is 0.686. The van der Waals surface area contributed by atoms with E-state index in [2.05, 4.69) is 63.2 Å². The molecule has 2 aromatic rings. The fourth-order valence-electron chi connectivity index (χ4n) is 3.12. The van der Waals surface area contributed by atoms with Crippen molar-refractivity contribution in [2.75, 3.05) is 0 Å². The lowest BCUT2D eigenvalue weighted by Gasteiger charge is -2.15. The third-order valence-corrected chi connectivity index (χ3v) is 4.07. The molecule has 0 aliphatic heterocycles. The average molecular weight is 248 g/mol. The lowest BCUT2D eigenvalue weighted by Crippen LogP contribution is -1.94. The van der Waals surface area contributed by atoms with Crippen molar-refractivity contribution in [1.29, 1.82) is 0 Å². The van der Waals surface area contributed by atoms with Crippen LogP contribution in [0.4, 0.5) is 0 Å². The normalized spacial score (nSPS) is 13.3. The van der Waals surface area contributed by atoms with Crippen molar-refractivity contribution < 1.29 is 0 Å². The van der Waals surface area contributed by atoms with E-state index >= 15 is 0 Å². The minimum atomic E-state index is 1.09. The SMILES string of the molecule is CCc1ccccc1-c1c(C)ccc2c1C=C(C)C2. The van der Waals surface area contributed by atoms with Gasteiger partial charge >= 0.3 is 0 Å². The van der Waals surface area contributed by atoms with Crippen molar-refractivity contribution in [1.82, 2.24) is 0 Å². The van der Waals surface area contributed by atoms with E-state index in [4.69, 9.17) is 0 Å². The monoisotopic (exact) mass is 248 g/mol.